The summed E-state index contributed by atoms with van der Waals surface area (Å²) < 4.78 is 0. The second-order valence-corrected chi connectivity index (χ2v) is 7.76. The molecule has 0 saturated carbocycles. The third-order valence-electron chi connectivity index (χ3n) is 4.10. The Balaban J connectivity index is 2.16. The van der Waals surface area contributed by atoms with Gasteiger partial charge < -0.3 is 10.2 Å². The zero-order valence-corrected chi connectivity index (χ0v) is 16.3. The van der Waals surface area contributed by atoms with E-state index in [0.717, 1.165) is 16.8 Å². The number of amides is 2. The molecule has 5 heteroatoms. The van der Waals surface area contributed by atoms with Crippen LogP contribution in [0.1, 0.15) is 60.3 Å². The summed E-state index contributed by atoms with van der Waals surface area (Å²) in [5.41, 5.74) is 3.12. The Hall–Kier alpha value is -2.14. The van der Waals surface area contributed by atoms with E-state index in [1.807, 2.05) is 29.6 Å². The number of thiophene rings is 1. The first-order valence-electron chi connectivity index (χ1n) is 8.52. The minimum absolute atomic E-state index is 0.0285. The topological polar surface area (TPSA) is 49.4 Å². The molecule has 0 fully saturated rings. The fourth-order valence-corrected chi connectivity index (χ4v) is 3.47. The maximum atomic E-state index is 12.5. The van der Waals surface area contributed by atoms with Gasteiger partial charge in [0.15, 0.2) is 0 Å². The maximum Gasteiger partial charge on any atom is 0.264 e. The van der Waals surface area contributed by atoms with E-state index in [4.69, 9.17) is 0 Å². The molecular weight excluding hydrogens is 332 g/mol. The standard InChI is InChI=1S/C20H26N2O2S/c1-13(2)15-8-6-9-16(14(3)4)19(15)21-18(23)12-22(5)20(24)17-10-7-11-25-17/h6-11,13-14H,12H2,1-5H3,(H,21,23). The third-order valence-corrected chi connectivity index (χ3v) is 4.95. The van der Waals surface area contributed by atoms with Gasteiger partial charge in [0.25, 0.3) is 5.91 Å². The summed E-state index contributed by atoms with van der Waals surface area (Å²) in [6, 6.07) is 9.73. The van der Waals surface area contributed by atoms with E-state index >= 15 is 0 Å². The molecule has 0 unspecified atom stereocenters. The highest BCUT2D eigenvalue weighted by Crippen LogP contribution is 2.32. The van der Waals surface area contributed by atoms with Crippen LogP contribution in [0.25, 0.3) is 0 Å². The molecule has 1 aromatic heterocycles. The van der Waals surface area contributed by atoms with Gasteiger partial charge in [0.2, 0.25) is 5.91 Å². The zero-order valence-electron chi connectivity index (χ0n) is 15.5. The van der Waals surface area contributed by atoms with Crippen molar-refractivity contribution in [2.24, 2.45) is 0 Å². The van der Waals surface area contributed by atoms with Gasteiger partial charge in [0.05, 0.1) is 11.4 Å². The molecule has 1 aromatic carbocycles. The molecule has 0 aliphatic carbocycles. The smallest absolute Gasteiger partial charge is 0.264 e. The lowest BCUT2D eigenvalue weighted by molar-refractivity contribution is -0.116. The number of anilines is 1. The van der Waals surface area contributed by atoms with Gasteiger partial charge >= 0.3 is 0 Å². The fraction of sp³-hybridized carbons (Fsp3) is 0.400. The van der Waals surface area contributed by atoms with E-state index < -0.39 is 0 Å². The third kappa shape index (κ3) is 4.69. The lowest BCUT2D eigenvalue weighted by Crippen LogP contribution is -2.35. The number of nitrogens with one attached hydrogen (secondary N) is 1. The summed E-state index contributed by atoms with van der Waals surface area (Å²) in [5, 5.41) is 4.90. The molecule has 2 amide bonds. The average molecular weight is 359 g/mol. The first-order chi connectivity index (χ1) is 11.8. The molecule has 4 nitrogen and oxygen atoms in total. The highest BCUT2D eigenvalue weighted by Gasteiger charge is 2.19. The van der Waals surface area contributed by atoms with Crippen LogP contribution in [0.5, 0.6) is 0 Å². The van der Waals surface area contributed by atoms with E-state index in [1.54, 1.807) is 13.1 Å². The van der Waals surface area contributed by atoms with Crippen LogP contribution in [0.4, 0.5) is 5.69 Å². The average Bonchev–Trinajstić information content (AvgIpc) is 3.07. The van der Waals surface area contributed by atoms with Crippen LogP contribution in [0, 0.1) is 0 Å². The van der Waals surface area contributed by atoms with Crippen molar-refractivity contribution in [3.8, 4) is 0 Å². The van der Waals surface area contributed by atoms with Crippen molar-refractivity contribution >= 4 is 28.8 Å². The Kier molecular flexibility index (Phi) is 6.37. The number of likely N-dealkylation sites (N-methyl/N-ethyl adjacent to an activating group) is 1. The van der Waals surface area contributed by atoms with E-state index in [9.17, 15) is 9.59 Å². The molecule has 0 bridgehead atoms. The number of hydrogen-bond acceptors (Lipinski definition) is 3. The molecule has 1 N–H and O–H groups in total. The van der Waals surface area contributed by atoms with E-state index in [-0.39, 0.29) is 18.4 Å². The Bertz CT molecular complexity index is 710. The Morgan fingerprint density at radius 1 is 1.04 bits per heavy atom. The number of benzene rings is 1. The first-order valence-corrected chi connectivity index (χ1v) is 9.40. The minimum atomic E-state index is -0.178. The quantitative estimate of drug-likeness (QED) is 0.813. The molecule has 0 aliphatic rings. The van der Waals surface area contributed by atoms with Gasteiger partial charge in [0.1, 0.15) is 0 Å². The SMILES string of the molecule is CC(C)c1cccc(C(C)C)c1NC(=O)CN(C)C(=O)c1cccs1. The van der Waals surface area contributed by atoms with Crippen LogP contribution in [-0.2, 0) is 4.79 Å². The monoisotopic (exact) mass is 358 g/mol. The predicted molar refractivity (Wildman–Crippen MR) is 105 cm³/mol. The number of carbonyl (C=O) groups is 2. The van der Waals surface area contributed by atoms with Gasteiger partial charge in [-0.05, 0) is 34.4 Å². The van der Waals surface area contributed by atoms with Crippen LogP contribution in [-0.4, -0.2) is 30.3 Å². The second-order valence-electron chi connectivity index (χ2n) is 6.81. The molecule has 0 radical (unpaired) electrons. The van der Waals surface area contributed by atoms with Gasteiger partial charge in [-0.2, -0.15) is 0 Å². The van der Waals surface area contributed by atoms with Crippen molar-refractivity contribution in [2.75, 3.05) is 18.9 Å². The Morgan fingerprint density at radius 3 is 2.12 bits per heavy atom. The van der Waals surface area contributed by atoms with Crippen molar-refractivity contribution in [1.29, 1.82) is 0 Å². The number of carbonyl (C=O) groups excluding carboxylic acids is 2. The summed E-state index contributed by atoms with van der Waals surface area (Å²) in [4.78, 5) is 26.9. The highest BCUT2D eigenvalue weighted by molar-refractivity contribution is 7.12. The Morgan fingerprint density at radius 2 is 1.64 bits per heavy atom. The summed E-state index contributed by atoms with van der Waals surface area (Å²) in [7, 11) is 1.65. The summed E-state index contributed by atoms with van der Waals surface area (Å²) in [6.07, 6.45) is 0. The van der Waals surface area contributed by atoms with Crippen molar-refractivity contribution in [1.82, 2.24) is 4.90 Å². The fourth-order valence-electron chi connectivity index (χ4n) is 2.75. The molecular formula is C20H26N2O2S. The van der Waals surface area contributed by atoms with Gasteiger partial charge in [0, 0.05) is 12.7 Å². The molecule has 134 valence electrons. The summed E-state index contributed by atoms with van der Waals surface area (Å²) in [6.45, 7) is 8.48. The van der Waals surface area contributed by atoms with Gasteiger partial charge in [-0.1, -0.05) is 52.0 Å². The van der Waals surface area contributed by atoms with Gasteiger partial charge in [-0.3, -0.25) is 9.59 Å². The van der Waals surface area contributed by atoms with Crippen molar-refractivity contribution < 1.29 is 9.59 Å². The first kappa shape index (κ1) is 19.2. The normalized spacial score (nSPS) is 11.0. The number of para-hydroxylation sites is 1. The largest absolute Gasteiger partial charge is 0.332 e. The molecule has 0 aliphatic heterocycles. The maximum absolute atomic E-state index is 12.5. The van der Waals surface area contributed by atoms with Crippen molar-refractivity contribution in [2.45, 2.75) is 39.5 Å². The van der Waals surface area contributed by atoms with Crippen LogP contribution < -0.4 is 5.32 Å². The van der Waals surface area contributed by atoms with Crippen molar-refractivity contribution in [3.05, 3.63) is 51.7 Å². The molecule has 0 saturated heterocycles. The Labute approximate surface area is 153 Å². The predicted octanol–water partition coefficient (Wildman–Crippen LogP) is 4.71. The molecule has 1 heterocycles. The van der Waals surface area contributed by atoms with Crippen LogP contribution >= 0.6 is 11.3 Å². The minimum Gasteiger partial charge on any atom is -0.332 e. The van der Waals surface area contributed by atoms with Gasteiger partial charge in [-0.15, -0.1) is 11.3 Å². The number of nitrogens with zero attached hydrogens (tertiary/aromatic N) is 1. The van der Waals surface area contributed by atoms with E-state index in [2.05, 4.69) is 33.0 Å². The second kappa shape index (κ2) is 8.30. The lowest BCUT2D eigenvalue weighted by atomic mass is 9.92. The molecule has 2 rings (SSSR count). The van der Waals surface area contributed by atoms with Crippen LogP contribution in [0.2, 0.25) is 0 Å². The lowest BCUT2D eigenvalue weighted by Gasteiger charge is -2.22. The summed E-state index contributed by atoms with van der Waals surface area (Å²) in [5.74, 6) is 0.299. The molecule has 2 aromatic rings. The van der Waals surface area contributed by atoms with Crippen LogP contribution in [0.15, 0.2) is 35.7 Å². The summed E-state index contributed by atoms with van der Waals surface area (Å²) >= 11 is 1.38. The number of hydrogen-bond donors (Lipinski definition) is 1. The number of rotatable bonds is 6. The van der Waals surface area contributed by atoms with Crippen LogP contribution in [0.3, 0.4) is 0 Å². The highest BCUT2D eigenvalue weighted by atomic mass is 32.1. The molecule has 0 atom stereocenters. The molecule has 0 spiro atoms. The van der Waals surface area contributed by atoms with Gasteiger partial charge in [-0.25, -0.2) is 0 Å². The molecule has 25 heavy (non-hydrogen) atoms. The zero-order chi connectivity index (χ0) is 18.6. The van der Waals surface area contributed by atoms with E-state index in [1.165, 1.54) is 16.2 Å². The van der Waals surface area contributed by atoms with Crippen molar-refractivity contribution in [3.63, 3.8) is 0 Å². The van der Waals surface area contributed by atoms with E-state index in [0.29, 0.717) is 16.7 Å².